The van der Waals surface area contributed by atoms with Gasteiger partial charge >= 0.3 is 0 Å². The van der Waals surface area contributed by atoms with Crippen molar-refractivity contribution in [2.45, 2.75) is 0 Å². The quantitative estimate of drug-likeness (QED) is 0.505. The van der Waals surface area contributed by atoms with E-state index >= 15 is 0 Å². The van der Waals surface area contributed by atoms with Gasteiger partial charge in [0.1, 0.15) is 5.75 Å². The summed E-state index contributed by atoms with van der Waals surface area (Å²) in [5, 5.41) is 21.7. The number of para-hydroxylation sites is 1. The van der Waals surface area contributed by atoms with Gasteiger partial charge in [-0.1, -0.05) is 6.07 Å². The second-order valence-electron chi connectivity index (χ2n) is 4.08. The largest absolute Gasteiger partial charge is 0.508 e. The third-order valence-corrected chi connectivity index (χ3v) is 2.75. The first-order valence-electron chi connectivity index (χ1n) is 5.78. The molecule has 0 saturated heterocycles. The van der Waals surface area contributed by atoms with E-state index < -0.39 is 5.91 Å². The molecule has 5 N–H and O–H groups in total. The summed E-state index contributed by atoms with van der Waals surface area (Å²) in [6.45, 7) is 0. The van der Waals surface area contributed by atoms with Gasteiger partial charge in [-0.2, -0.15) is 0 Å². The Labute approximate surface area is 115 Å². The van der Waals surface area contributed by atoms with Crippen molar-refractivity contribution in [2.75, 3.05) is 18.2 Å². The molecule has 2 aromatic carbocycles. The van der Waals surface area contributed by atoms with E-state index in [0.717, 1.165) is 0 Å². The lowest BCUT2D eigenvalue weighted by Crippen LogP contribution is -2.13. The van der Waals surface area contributed by atoms with Gasteiger partial charge in [0.25, 0.3) is 5.91 Å². The molecule has 0 aliphatic rings. The Balaban J connectivity index is 2.28. The molecular formula is C14H14N2O4. The van der Waals surface area contributed by atoms with E-state index in [1.165, 1.54) is 31.4 Å². The predicted octanol–water partition coefficient (Wildman–Crippen LogP) is 1.94. The first kappa shape index (κ1) is 13.5. The summed E-state index contributed by atoms with van der Waals surface area (Å²) in [7, 11) is 1.40. The Morgan fingerprint density at radius 2 is 2.00 bits per heavy atom. The number of methoxy groups -OCH3 is 1. The number of anilines is 2. The van der Waals surface area contributed by atoms with Gasteiger partial charge in [0, 0.05) is 6.07 Å². The van der Waals surface area contributed by atoms with Gasteiger partial charge in [0.05, 0.1) is 24.0 Å². The molecule has 2 aromatic rings. The van der Waals surface area contributed by atoms with Gasteiger partial charge in [-0.05, 0) is 24.3 Å². The van der Waals surface area contributed by atoms with Gasteiger partial charge in [-0.15, -0.1) is 0 Å². The number of hydrogen-bond acceptors (Lipinski definition) is 5. The normalized spacial score (nSPS) is 10.1. The van der Waals surface area contributed by atoms with Crippen molar-refractivity contribution in [2.24, 2.45) is 0 Å². The average Bonchev–Trinajstić information content (AvgIpc) is 2.42. The third-order valence-electron chi connectivity index (χ3n) is 2.75. The van der Waals surface area contributed by atoms with Gasteiger partial charge in [-0.3, -0.25) is 4.79 Å². The fourth-order valence-corrected chi connectivity index (χ4v) is 1.72. The van der Waals surface area contributed by atoms with E-state index in [1.54, 1.807) is 12.1 Å². The van der Waals surface area contributed by atoms with E-state index in [1.807, 2.05) is 0 Å². The number of benzene rings is 2. The number of phenolic OH excluding ortho intramolecular Hbond substituents is 2. The Hall–Kier alpha value is -2.89. The molecule has 6 heteroatoms. The van der Waals surface area contributed by atoms with Crippen molar-refractivity contribution in [1.29, 1.82) is 0 Å². The number of nitrogens with two attached hydrogens (primary N) is 1. The number of ether oxygens (including phenoxy) is 1. The zero-order valence-corrected chi connectivity index (χ0v) is 10.8. The number of nitrogen functional groups attached to an aromatic ring is 1. The van der Waals surface area contributed by atoms with Crippen LogP contribution in [0.5, 0.6) is 17.2 Å². The highest BCUT2D eigenvalue weighted by atomic mass is 16.5. The Morgan fingerprint density at radius 1 is 1.25 bits per heavy atom. The van der Waals surface area contributed by atoms with Crippen LogP contribution in [0.4, 0.5) is 11.4 Å². The lowest BCUT2D eigenvalue weighted by atomic mass is 10.1. The minimum Gasteiger partial charge on any atom is -0.508 e. The second kappa shape index (κ2) is 5.40. The van der Waals surface area contributed by atoms with E-state index in [9.17, 15) is 15.0 Å². The van der Waals surface area contributed by atoms with Gasteiger partial charge in [-0.25, -0.2) is 0 Å². The average molecular weight is 274 g/mol. The molecule has 0 heterocycles. The summed E-state index contributed by atoms with van der Waals surface area (Å²) >= 11 is 0. The SMILES string of the molecule is COc1cccc(C(=O)Nc2ccc(O)cc2N)c1O. The molecule has 0 bridgehead atoms. The van der Waals surface area contributed by atoms with Crippen LogP contribution in [0.3, 0.4) is 0 Å². The van der Waals surface area contributed by atoms with E-state index in [-0.39, 0.29) is 28.5 Å². The molecule has 0 aliphatic carbocycles. The number of phenols is 2. The van der Waals surface area contributed by atoms with E-state index in [2.05, 4.69) is 5.32 Å². The van der Waals surface area contributed by atoms with Crippen molar-refractivity contribution in [3.8, 4) is 17.2 Å². The van der Waals surface area contributed by atoms with Crippen LogP contribution in [-0.2, 0) is 0 Å². The first-order valence-corrected chi connectivity index (χ1v) is 5.78. The molecule has 0 aromatic heterocycles. The van der Waals surface area contributed by atoms with Crippen molar-refractivity contribution < 1.29 is 19.7 Å². The van der Waals surface area contributed by atoms with E-state index in [4.69, 9.17) is 10.5 Å². The number of rotatable bonds is 3. The molecule has 0 spiro atoms. The minimum absolute atomic E-state index is 0.00438. The monoisotopic (exact) mass is 274 g/mol. The van der Waals surface area contributed by atoms with Crippen LogP contribution in [0, 0.1) is 0 Å². The molecule has 0 fully saturated rings. The van der Waals surface area contributed by atoms with Crippen LogP contribution in [0.15, 0.2) is 36.4 Å². The van der Waals surface area contributed by atoms with Gasteiger partial charge in [0.2, 0.25) is 0 Å². The lowest BCUT2D eigenvalue weighted by Gasteiger charge is -2.11. The van der Waals surface area contributed by atoms with Crippen molar-refractivity contribution in [1.82, 2.24) is 0 Å². The summed E-state index contributed by atoms with van der Waals surface area (Å²) in [5.41, 5.74) is 6.31. The van der Waals surface area contributed by atoms with Crippen LogP contribution in [0.2, 0.25) is 0 Å². The molecule has 0 radical (unpaired) electrons. The third kappa shape index (κ3) is 2.59. The number of nitrogens with one attached hydrogen (secondary N) is 1. The molecule has 20 heavy (non-hydrogen) atoms. The second-order valence-corrected chi connectivity index (χ2v) is 4.08. The highest BCUT2D eigenvalue weighted by Crippen LogP contribution is 2.30. The van der Waals surface area contributed by atoms with Crippen LogP contribution in [0.25, 0.3) is 0 Å². The summed E-state index contributed by atoms with van der Waals surface area (Å²) < 4.78 is 4.94. The molecule has 0 atom stereocenters. The topological polar surface area (TPSA) is 105 Å². The van der Waals surface area contributed by atoms with Gasteiger partial charge < -0.3 is 26.0 Å². The standard InChI is InChI=1S/C14H14N2O4/c1-20-12-4-2-3-9(13(12)18)14(19)16-11-6-5-8(17)7-10(11)15/h2-7,17-18H,15H2,1H3,(H,16,19). The minimum atomic E-state index is -0.529. The molecule has 1 amide bonds. The van der Waals surface area contributed by atoms with Crippen molar-refractivity contribution in [3.63, 3.8) is 0 Å². The first-order chi connectivity index (χ1) is 9.52. The molecule has 0 unspecified atom stereocenters. The summed E-state index contributed by atoms with van der Waals surface area (Å²) in [4.78, 5) is 12.1. The smallest absolute Gasteiger partial charge is 0.259 e. The highest BCUT2D eigenvalue weighted by molar-refractivity contribution is 6.07. The maximum absolute atomic E-state index is 12.1. The molecule has 104 valence electrons. The van der Waals surface area contributed by atoms with E-state index in [0.29, 0.717) is 5.69 Å². The summed E-state index contributed by atoms with van der Waals surface area (Å²) in [6.07, 6.45) is 0. The maximum atomic E-state index is 12.1. The lowest BCUT2D eigenvalue weighted by molar-refractivity contribution is 0.102. The van der Waals surface area contributed by atoms with Crippen molar-refractivity contribution >= 4 is 17.3 Å². The fourth-order valence-electron chi connectivity index (χ4n) is 1.72. The Morgan fingerprint density at radius 3 is 2.65 bits per heavy atom. The molecule has 0 saturated carbocycles. The highest BCUT2D eigenvalue weighted by Gasteiger charge is 2.15. The molecular weight excluding hydrogens is 260 g/mol. The fraction of sp³-hybridized carbons (Fsp3) is 0.0714. The van der Waals surface area contributed by atoms with Crippen LogP contribution >= 0.6 is 0 Å². The number of carbonyl (C=O) groups is 1. The predicted molar refractivity (Wildman–Crippen MR) is 75.1 cm³/mol. The number of hydrogen-bond donors (Lipinski definition) is 4. The molecule has 0 aliphatic heterocycles. The van der Waals surface area contributed by atoms with Gasteiger partial charge in [0.15, 0.2) is 11.5 Å². The summed E-state index contributed by atoms with van der Waals surface area (Å²) in [5.74, 6) is -0.565. The number of amides is 1. The zero-order valence-electron chi connectivity index (χ0n) is 10.8. The van der Waals surface area contributed by atoms with Crippen LogP contribution in [0.1, 0.15) is 10.4 Å². The Bertz CT molecular complexity index is 656. The zero-order chi connectivity index (χ0) is 14.7. The molecule has 2 rings (SSSR count). The van der Waals surface area contributed by atoms with Crippen LogP contribution in [-0.4, -0.2) is 23.2 Å². The maximum Gasteiger partial charge on any atom is 0.259 e. The summed E-state index contributed by atoms with van der Waals surface area (Å²) in [6, 6.07) is 8.79. The van der Waals surface area contributed by atoms with Crippen LogP contribution < -0.4 is 15.8 Å². The number of aromatic hydroxyl groups is 2. The number of carbonyl (C=O) groups excluding carboxylic acids is 1. The molecule has 6 nitrogen and oxygen atoms in total. The Kier molecular flexibility index (Phi) is 3.65. The van der Waals surface area contributed by atoms with Crippen molar-refractivity contribution in [3.05, 3.63) is 42.0 Å².